The van der Waals surface area contributed by atoms with Crippen molar-refractivity contribution < 1.29 is 14.4 Å². The van der Waals surface area contributed by atoms with E-state index in [4.69, 9.17) is 39.5 Å². The quantitative estimate of drug-likeness (QED) is 0.820. The van der Waals surface area contributed by atoms with Crippen molar-refractivity contribution in [2.24, 2.45) is 0 Å². The maximum atomic E-state index is 12.1. The number of carbonyl (C=O) groups is 1. The number of rotatable bonds is 3. The highest BCUT2D eigenvalue weighted by atomic mass is 35.5. The van der Waals surface area contributed by atoms with Gasteiger partial charge in [0.25, 0.3) is 5.91 Å². The zero-order chi connectivity index (χ0) is 15.6. The smallest absolute Gasteiger partial charge is 0.279 e. The van der Waals surface area contributed by atoms with Crippen LogP contribution in [0.3, 0.4) is 0 Å². The maximum absolute atomic E-state index is 12.1. The second kappa shape index (κ2) is 7.16. The molecule has 2 rings (SSSR count). The minimum absolute atomic E-state index is 0.105. The summed E-state index contributed by atoms with van der Waals surface area (Å²) >= 11 is 17.8. The van der Waals surface area contributed by atoms with Crippen molar-refractivity contribution in [1.82, 2.24) is 0 Å². The Morgan fingerprint density at radius 1 is 1.19 bits per heavy atom. The molecule has 0 radical (unpaired) electrons. The summed E-state index contributed by atoms with van der Waals surface area (Å²) in [5, 5.41) is 3.87. The number of benzene rings is 1. The Labute approximate surface area is 139 Å². The lowest BCUT2D eigenvalue weighted by Crippen LogP contribution is -3.16. The molecule has 1 fully saturated rings. The molecule has 0 bridgehead atoms. The van der Waals surface area contributed by atoms with Crippen molar-refractivity contribution in [2.45, 2.75) is 26.1 Å². The molecule has 1 heterocycles. The van der Waals surface area contributed by atoms with Crippen LogP contribution in [0.5, 0.6) is 0 Å². The van der Waals surface area contributed by atoms with Crippen LogP contribution in [0.4, 0.5) is 5.69 Å². The Bertz CT molecular complexity index is 529. The van der Waals surface area contributed by atoms with Gasteiger partial charge in [0.1, 0.15) is 25.3 Å². The molecule has 1 aromatic carbocycles. The number of morpholine rings is 1. The molecule has 4 nitrogen and oxygen atoms in total. The number of nitrogens with one attached hydrogen (secondary N) is 2. The molecule has 1 aromatic rings. The van der Waals surface area contributed by atoms with Crippen molar-refractivity contribution in [3.05, 3.63) is 27.2 Å². The van der Waals surface area contributed by atoms with Gasteiger partial charge in [-0.2, -0.15) is 0 Å². The van der Waals surface area contributed by atoms with Gasteiger partial charge in [0.2, 0.25) is 0 Å². The summed E-state index contributed by atoms with van der Waals surface area (Å²) in [5.74, 6) is -0.105. The molecule has 0 unspecified atom stereocenters. The van der Waals surface area contributed by atoms with Gasteiger partial charge in [-0.05, 0) is 26.0 Å². The third-order valence-electron chi connectivity index (χ3n) is 3.31. The first kappa shape index (κ1) is 16.8. The molecule has 1 aliphatic heterocycles. The molecular formula is C14H18Cl3N2O2+. The lowest BCUT2D eigenvalue weighted by Gasteiger charge is -2.31. The lowest BCUT2D eigenvalue weighted by atomic mass is 10.2. The van der Waals surface area contributed by atoms with Gasteiger partial charge in [-0.3, -0.25) is 4.79 Å². The van der Waals surface area contributed by atoms with Gasteiger partial charge in [0.05, 0.1) is 20.8 Å². The SMILES string of the molecule is C[C@H]1C[NH+](CC(=O)Nc2cc(Cl)c(Cl)cc2Cl)C[C@H](C)O1. The fourth-order valence-corrected chi connectivity index (χ4v) is 3.17. The molecule has 0 aliphatic carbocycles. The Kier molecular flexibility index (Phi) is 5.74. The van der Waals surface area contributed by atoms with Gasteiger partial charge in [0.15, 0.2) is 6.54 Å². The molecule has 0 spiro atoms. The summed E-state index contributed by atoms with van der Waals surface area (Å²) < 4.78 is 5.66. The van der Waals surface area contributed by atoms with Gasteiger partial charge < -0.3 is 15.0 Å². The number of ether oxygens (including phenoxy) is 1. The highest BCUT2D eigenvalue weighted by Crippen LogP contribution is 2.32. The van der Waals surface area contributed by atoms with E-state index in [9.17, 15) is 4.79 Å². The average Bonchev–Trinajstić information content (AvgIpc) is 2.34. The summed E-state index contributed by atoms with van der Waals surface area (Å²) in [4.78, 5) is 13.3. The average molecular weight is 353 g/mol. The summed E-state index contributed by atoms with van der Waals surface area (Å²) in [6.07, 6.45) is 0.315. The van der Waals surface area contributed by atoms with Crippen LogP contribution in [0.15, 0.2) is 12.1 Å². The zero-order valence-corrected chi connectivity index (χ0v) is 14.1. The molecular weight excluding hydrogens is 335 g/mol. The molecule has 2 N–H and O–H groups in total. The van der Waals surface area contributed by atoms with E-state index in [1.807, 2.05) is 13.8 Å². The van der Waals surface area contributed by atoms with Crippen molar-refractivity contribution in [3.63, 3.8) is 0 Å². The molecule has 1 amide bonds. The minimum Gasteiger partial charge on any atom is -0.364 e. The Morgan fingerprint density at radius 3 is 2.38 bits per heavy atom. The number of carbonyl (C=O) groups excluding carboxylic acids is 1. The Morgan fingerprint density at radius 2 is 1.76 bits per heavy atom. The van der Waals surface area contributed by atoms with E-state index in [-0.39, 0.29) is 18.1 Å². The van der Waals surface area contributed by atoms with E-state index in [0.29, 0.717) is 27.3 Å². The molecule has 7 heteroatoms. The molecule has 1 saturated heterocycles. The highest BCUT2D eigenvalue weighted by Gasteiger charge is 2.27. The van der Waals surface area contributed by atoms with Crippen LogP contribution in [0, 0.1) is 0 Å². The van der Waals surface area contributed by atoms with Crippen molar-refractivity contribution in [1.29, 1.82) is 0 Å². The van der Waals surface area contributed by atoms with Crippen molar-refractivity contribution in [2.75, 3.05) is 25.0 Å². The topological polar surface area (TPSA) is 42.8 Å². The Balaban J connectivity index is 1.97. The third kappa shape index (κ3) is 4.73. The predicted molar refractivity (Wildman–Crippen MR) is 85.7 cm³/mol. The maximum Gasteiger partial charge on any atom is 0.279 e. The fourth-order valence-electron chi connectivity index (χ4n) is 2.57. The number of quaternary nitrogens is 1. The number of anilines is 1. The fraction of sp³-hybridized carbons (Fsp3) is 0.500. The third-order valence-corrected chi connectivity index (χ3v) is 4.35. The summed E-state index contributed by atoms with van der Waals surface area (Å²) in [6, 6.07) is 3.08. The molecule has 0 aromatic heterocycles. The van der Waals surface area contributed by atoms with Crippen LogP contribution in [-0.4, -0.2) is 37.7 Å². The standard InChI is InChI=1S/C14H17Cl3N2O2/c1-8-5-19(6-9(2)21-8)7-14(20)18-13-4-11(16)10(15)3-12(13)17/h3-4,8-9H,5-7H2,1-2H3,(H,18,20)/p+1/t8-,9-/m0/s1. The first-order chi connectivity index (χ1) is 9.85. The minimum atomic E-state index is -0.105. The largest absolute Gasteiger partial charge is 0.364 e. The van der Waals surface area contributed by atoms with Crippen LogP contribution in [-0.2, 0) is 9.53 Å². The summed E-state index contributed by atoms with van der Waals surface area (Å²) in [6.45, 7) is 6.03. The van der Waals surface area contributed by atoms with Crippen LogP contribution >= 0.6 is 34.8 Å². The first-order valence-electron chi connectivity index (χ1n) is 6.78. The van der Waals surface area contributed by atoms with Crippen molar-refractivity contribution in [3.8, 4) is 0 Å². The van der Waals surface area contributed by atoms with E-state index in [2.05, 4.69) is 5.32 Å². The Hall–Kier alpha value is -0.520. The number of amides is 1. The van der Waals surface area contributed by atoms with Gasteiger partial charge in [0, 0.05) is 0 Å². The first-order valence-corrected chi connectivity index (χ1v) is 7.92. The number of hydrogen-bond acceptors (Lipinski definition) is 2. The van der Waals surface area contributed by atoms with Crippen LogP contribution in [0.25, 0.3) is 0 Å². The predicted octanol–water partition coefficient (Wildman–Crippen LogP) is 2.28. The van der Waals surface area contributed by atoms with Gasteiger partial charge in [-0.15, -0.1) is 0 Å². The monoisotopic (exact) mass is 351 g/mol. The second-order valence-electron chi connectivity index (χ2n) is 5.39. The molecule has 116 valence electrons. The molecule has 21 heavy (non-hydrogen) atoms. The van der Waals surface area contributed by atoms with E-state index < -0.39 is 0 Å². The van der Waals surface area contributed by atoms with Gasteiger partial charge >= 0.3 is 0 Å². The molecule has 0 saturated carbocycles. The van der Waals surface area contributed by atoms with Crippen LogP contribution < -0.4 is 10.2 Å². The molecule has 2 atom stereocenters. The zero-order valence-electron chi connectivity index (χ0n) is 11.9. The number of halogens is 3. The van der Waals surface area contributed by atoms with Crippen molar-refractivity contribution >= 4 is 46.4 Å². The van der Waals surface area contributed by atoms with Gasteiger partial charge in [-0.25, -0.2) is 0 Å². The highest BCUT2D eigenvalue weighted by molar-refractivity contribution is 6.44. The van der Waals surface area contributed by atoms with Crippen LogP contribution in [0.1, 0.15) is 13.8 Å². The normalized spacial score (nSPS) is 25.7. The summed E-state index contributed by atoms with van der Waals surface area (Å²) in [7, 11) is 0. The second-order valence-corrected chi connectivity index (χ2v) is 6.61. The van der Waals surface area contributed by atoms with E-state index in [1.54, 1.807) is 6.07 Å². The van der Waals surface area contributed by atoms with E-state index in [1.165, 1.54) is 11.0 Å². The van der Waals surface area contributed by atoms with E-state index in [0.717, 1.165) is 13.1 Å². The van der Waals surface area contributed by atoms with Crippen LogP contribution in [0.2, 0.25) is 15.1 Å². The molecule has 1 aliphatic rings. The number of hydrogen-bond donors (Lipinski definition) is 2. The van der Waals surface area contributed by atoms with Gasteiger partial charge in [-0.1, -0.05) is 34.8 Å². The van der Waals surface area contributed by atoms with E-state index >= 15 is 0 Å². The summed E-state index contributed by atoms with van der Waals surface area (Å²) in [5.41, 5.74) is 0.477. The lowest BCUT2D eigenvalue weighted by molar-refractivity contribution is -0.907.